The molecule has 0 spiro atoms. The van der Waals surface area contributed by atoms with Crippen molar-refractivity contribution in [2.45, 2.75) is 39.0 Å². The van der Waals surface area contributed by atoms with Crippen molar-refractivity contribution in [2.24, 2.45) is 0 Å². The molecule has 0 bridgehead atoms. The lowest BCUT2D eigenvalue weighted by atomic mass is 10.1. The van der Waals surface area contributed by atoms with E-state index in [9.17, 15) is 9.59 Å². The minimum absolute atomic E-state index is 0.208. The van der Waals surface area contributed by atoms with Gasteiger partial charge in [0.05, 0.1) is 6.54 Å². The van der Waals surface area contributed by atoms with Crippen LogP contribution in [0, 0.1) is 0 Å². The largest absolute Gasteiger partial charge is 0.338 e. The summed E-state index contributed by atoms with van der Waals surface area (Å²) in [4.78, 5) is 24.9. The van der Waals surface area contributed by atoms with Gasteiger partial charge in [0.1, 0.15) is 0 Å². The molecule has 1 saturated heterocycles. The minimum Gasteiger partial charge on any atom is -0.338 e. The van der Waals surface area contributed by atoms with Crippen molar-refractivity contribution in [3.8, 4) is 0 Å². The molecular formula is C12H23N3O2. The number of urea groups is 1. The molecule has 17 heavy (non-hydrogen) atoms. The summed E-state index contributed by atoms with van der Waals surface area (Å²) in [6.07, 6.45) is 5.51. The highest BCUT2D eigenvalue weighted by Crippen LogP contribution is 2.07. The number of hydrogen-bond acceptors (Lipinski definition) is 3. The molecule has 1 aliphatic heterocycles. The molecule has 0 aromatic carbocycles. The summed E-state index contributed by atoms with van der Waals surface area (Å²) in [5.41, 5.74) is 0. The molecular weight excluding hydrogens is 218 g/mol. The zero-order valence-corrected chi connectivity index (χ0v) is 10.6. The number of likely N-dealkylation sites (tertiary alicyclic amines) is 1. The third kappa shape index (κ3) is 6.26. The molecule has 3 amide bonds. The number of amides is 3. The molecule has 1 aliphatic rings. The number of nitrogens with one attached hydrogen (secondary N) is 2. The maximum Gasteiger partial charge on any atom is 0.321 e. The quantitative estimate of drug-likeness (QED) is 0.709. The Morgan fingerprint density at radius 2 is 1.88 bits per heavy atom. The average Bonchev–Trinajstić information content (AvgIpc) is 2.30. The Labute approximate surface area is 103 Å². The highest BCUT2D eigenvalue weighted by Gasteiger charge is 2.15. The first kappa shape index (κ1) is 14.0. The highest BCUT2D eigenvalue weighted by atomic mass is 16.2. The molecule has 1 rings (SSSR count). The Balaban J connectivity index is 2.12. The second-order valence-corrected chi connectivity index (χ2v) is 4.49. The first-order valence-corrected chi connectivity index (χ1v) is 6.52. The van der Waals surface area contributed by atoms with Crippen molar-refractivity contribution >= 4 is 11.9 Å². The molecule has 0 saturated carbocycles. The van der Waals surface area contributed by atoms with E-state index in [1.54, 1.807) is 0 Å². The van der Waals surface area contributed by atoms with Crippen LogP contribution in [0.3, 0.4) is 0 Å². The summed E-state index contributed by atoms with van der Waals surface area (Å²) in [6.45, 7) is 4.94. The normalized spacial score (nSPS) is 16.5. The Kier molecular flexibility index (Phi) is 6.62. The van der Waals surface area contributed by atoms with Crippen LogP contribution in [0.2, 0.25) is 0 Å². The van der Waals surface area contributed by atoms with E-state index >= 15 is 0 Å². The zero-order chi connectivity index (χ0) is 12.5. The van der Waals surface area contributed by atoms with Crippen LogP contribution >= 0.6 is 0 Å². The van der Waals surface area contributed by atoms with E-state index in [0.29, 0.717) is 13.1 Å². The lowest BCUT2D eigenvalue weighted by Crippen LogP contribution is -2.45. The maximum atomic E-state index is 11.5. The summed E-state index contributed by atoms with van der Waals surface area (Å²) in [5.74, 6) is -0.208. The maximum absolute atomic E-state index is 11.5. The highest BCUT2D eigenvalue weighted by molar-refractivity contribution is 5.95. The zero-order valence-electron chi connectivity index (χ0n) is 10.6. The van der Waals surface area contributed by atoms with Crippen LogP contribution in [-0.2, 0) is 4.79 Å². The van der Waals surface area contributed by atoms with E-state index in [1.807, 2.05) is 0 Å². The van der Waals surface area contributed by atoms with Crippen LogP contribution in [-0.4, -0.2) is 43.0 Å². The Morgan fingerprint density at radius 1 is 1.18 bits per heavy atom. The molecule has 0 atom stereocenters. The predicted molar refractivity (Wildman–Crippen MR) is 66.7 cm³/mol. The van der Waals surface area contributed by atoms with Gasteiger partial charge in [-0.05, 0) is 32.4 Å². The fraction of sp³-hybridized carbons (Fsp3) is 0.833. The first-order valence-electron chi connectivity index (χ1n) is 6.52. The van der Waals surface area contributed by atoms with E-state index in [0.717, 1.165) is 38.8 Å². The molecule has 5 nitrogen and oxygen atoms in total. The van der Waals surface area contributed by atoms with Gasteiger partial charge in [-0.1, -0.05) is 19.8 Å². The van der Waals surface area contributed by atoms with Gasteiger partial charge < -0.3 is 5.32 Å². The van der Waals surface area contributed by atoms with Crippen molar-refractivity contribution in [1.82, 2.24) is 15.5 Å². The van der Waals surface area contributed by atoms with Gasteiger partial charge in [-0.3, -0.25) is 15.0 Å². The number of carbonyl (C=O) groups excluding carboxylic acids is 2. The number of hydrogen-bond donors (Lipinski definition) is 2. The summed E-state index contributed by atoms with van der Waals surface area (Å²) >= 11 is 0. The topological polar surface area (TPSA) is 61.4 Å². The SMILES string of the molecule is CCCCNC(=O)NC(=O)CN1CCCCC1. The summed E-state index contributed by atoms with van der Waals surface area (Å²) in [5, 5.41) is 5.02. The van der Waals surface area contributed by atoms with Crippen LogP contribution in [0.5, 0.6) is 0 Å². The molecule has 0 aromatic rings. The fourth-order valence-corrected chi connectivity index (χ4v) is 1.91. The molecule has 5 heteroatoms. The Morgan fingerprint density at radius 3 is 2.53 bits per heavy atom. The number of piperidine rings is 1. The Hall–Kier alpha value is -1.10. The third-order valence-electron chi connectivity index (χ3n) is 2.88. The van der Waals surface area contributed by atoms with Gasteiger partial charge in [-0.15, -0.1) is 0 Å². The van der Waals surface area contributed by atoms with Gasteiger partial charge in [-0.25, -0.2) is 4.79 Å². The molecule has 1 fully saturated rings. The van der Waals surface area contributed by atoms with Crippen molar-refractivity contribution in [3.05, 3.63) is 0 Å². The van der Waals surface area contributed by atoms with Crippen LogP contribution in [0.15, 0.2) is 0 Å². The van der Waals surface area contributed by atoms with E-state index in [-0.39, 0.29) is 11.9 Å². The second-order valence-electron chi connectivity index (χ2n) is 4.49. The van der Waals surface area contributed by atoms with Crippen LogP contribution in [0.25, 0.3) is 0 Å². The van der Waals surface area contributed by atoms with Crippen molar-refractivity contribution in [3.63, 3.8) is 0 Å². The van der Waals surface area contributed by atoms with Gasteiger partial charge in [-0.2, -0.15) is 0 Å². The number of nitrogens with zero attached hydrogens (tertiary/aromatic N) is 1. The molecule has 0 unspecified atom stereocenters. The van der Waals surface area contributed by atoms with Gasteiger partial charge >= 0.3 is 6.03 Å². The van der Waals surface area contributed by atoms with Gasteiger partial charge in [0.2, 0.25) is 5.91 Å². The molecule has 1 heterocycles. The molecule has 0 radical (unpaired) electrons. The van der Waals surface area contributed by atoms with Crippen molar-refractivity contribution < 1.29 is 9.59 Å². The van der Waals surface area contributed by atoms with E-state index in [2.05, 4.69) is 22.5 Å². The average molecular weight is 241 g/mol. The Bertz CT molecular complexity index is 250. The lowest BCUT2D eigenvalue weighted by Gasteiger charge is -2.25. The van der Waals surface area contributed by atoms with Crippen molar-refractivity contribution in [2.75, 3.05) is 26.2 Å². The smallest absolute Gasteiger partial charge is 0.321 e. The predicted octanol–water partition coefficient (Wildman–Crippen LogP) is 1.10. The number of imide groups is 1. The summed E-state index contributed by atoms with van der Waals surface area (Å²) in [7, 11) is 0. The van der Waals surface area contributed by atoms with Gasteiger partial charge in [0.15, 0.2) is 0 Å². The van der Waals surface area contributed by atoms with Gasteiger partial charge in [0, 0.05) is 6.54 Å². The minimum atomic E-state index is -0.375. The standard InChI is InChI=1S/C12H23N3O2/c1-2-3-7-13-12(17)14-11(16)10-15-8-5-4-6-9-15/h2-10H2,1H3,(H2,13,14,16,17). The second kappa shape index (κ2) is 8.06. The lowest BCUT2D eigenvalue weighted by molar-refractivity contribution is -0.121. The summed E-state index contributed by atoms with van der Waals surface area (Å²) in [6, 6.07) is -0.375. The molecule has 0 aliphatic carbocycles. The molecule has 2 N–H and O–H groups in total. The molecule has 0 aromatic heterocycles. The van der Waals surface area contributed by atoms with E-state index < -0.39 is 0 Å². The van der Waals surface area contributed by atoms with Crippen LogP contribution in [0.1, 0.15) is 39.0 Å². The third-order valence-corrected chi connectivity index (χ3v) is 2.88. The summed E-state index contributed by atoms with van der Waals surface area (Å²) < 4.78 is 0. The van der Waals surface area contributed by atoms with E-state index in [4.69, 9.17) is 0 Å². The van der Waals surface area contributed by atoms with E-state index in [1.165, 1.54) is 6.42 Å². The van der Waals surface area contributed by atoms with Crippen LogP contribution < -0.4 is 10.6 Å². The fourth-order valence-electron chi connectivity index (χ4n) is 1.91. The number of rotatable bonds is 5. The van der Waals surface area contributed by atoms with Crippen molar-refractivity contribution in [1.29, 1.82) is 0 Å². The molecule has 98 valence electrons. The number of carbonyl (C=O) groups is 2. The monoisotopic (exact) mass is 241 g/mol. The first-order chi connectivity index (χ1) is 8.22. The number of unbranched alkanes of at least 4 members (excludes halogenated alkanes) is 1. The van der Waals surface area contributed by atoms with Crippen LogP contribution in [0.4, 0.5) is 4.79 Å². The van der Waals surface area contributed by atoms with Gasteiger partial charge in [0.25, 0.3) is 0 Å².